The predicted molar refractivity (Wildman–Crippen MR) is 92.8 cm³/mol. The first kappa shape index (κ1) is 18.9. The van der Waals surface area contributed by atoms with Crippen molar-refractivity contribution in [1.82, 2.24) is 9.62 Å². The highest BCUT2D eigenvalue weighted by Gasteiger charge is 2.30. The third-order valence-electron chi connectivity index (χ3n) is 4.49. The molecular weight excluding hydrogens is 328 g/mol. The zero-order chi connectivity index (χ0) is 18.1. The quantitative estimate of drug-likeness (QED) is 0.866. The van der Waals surface area contributed by atoms with Gasteiger partial charge in [0, 0.05) is 24.7 Å². The highest BCUT2D eigenvalue weighted by atomic mass is 32.2. The monoisotopic (exact) mass is 354 g/mol. The smallest absolute Gasteiger partial charge is 0.335 e. The number of hydrogen-bond donors (Lipinski definition) is 2. The molecular formula is C17H26N2O4S. The number of likely N-dealkylation sites (tertiary alicyclic amines) is 1. The standard InChI is InChI=1S/C17H26N2O4S/c1-12-5-6-13(16(20)21)11-15(12)24(22,23)18-14-7-9-19(10-8-14)17(2,3)4/h5-6,11,14,18H,7-10H2,1-4H3,(H,20,21). The minimum Gasteiger partial charge on any atom is -0.478 e. The van der Waals surface area contributed by atoms with Crippen LogP contribution in [0.15, 0.2) is 23.1 Å². The normalized spacial score (nSPS) is 17.8. The van der Waals surface area contributed by atoms with Gasteiger partial charge in [0.2, 0.25) is 10.0 Å². The lowest BCUT2D eigenvalue weighted by Crippen LogP contribution is -2.50. The molecule has 0 spiro atoms. The van der Waals surface area contributed by atoms with E-state index in [9.17, 15) is 13.2 Å². The maximum atomic E-state index is 12.7. The summed E-state index contributed by atoms with van der Waals surface area (Å²) in [5, 5.41) is 9.07. The van der Waals surface area contributed by atoms with E-state index in [4.69, 9.17) is 5.11 Å². The van der Waals surface area contributed by atoms with Crippen molar-refractivity contribution in [3.05, 3.63) is 29.3 Å². The summed E-state index contributed by atoms with van der Waals surface area (Å²) >= 11 is 0. The second-order valence-corrected chi connectivity index (χ2v) is 9.02. The largest absolute Gasteiger partial charge is 0.478 e. The summed E-state index contributed by atoms with van der Waals surface area (Å²) in [5.74, 6) is -1.13. The zero-order valence-corrected chi connectivity index (χ0v) is 15.5. The lowest BCUT2D eigenvalue weighted by molar-refractivity contribution is 0.0696. The minimum absolute atomic E-state index is 0.0245. The van der Waals surface area contributed by atoms with E-state index in [0.29, 0.717) is 5.56 Å². The first-order valence-corrected chi connectivity index (χ1v) is 9.60. The minimum atomic E-state index is -3.73. The molecule has 0 amide bonds. The van der Waals surface area contributed by atoms with Crippen LogP contribution in [0.5, 0.6) is 0 Å². The van der Waals surface area contributed by atoms with Gasteiger partial charge in [-0.15, -0.1) is 0 Å². The Morgan fingerprint density at radius 3 is 2.33 bits per heavy atom. The van der Waals surface area contributed by atoms with Crippen LogP contribution in [-0.2, 0) is 10.0 Å². The maximum Gasteiger partial charge on any atom is 0.335 e. The molecule has 1 heterocycles. The third-order valence-corrected chi connectivity index (χ3v) is 6.15. The number of nitrogens with zero attached hydrogens (tertiary/aromatic N) is 1. The number of aryl methyl sites for hydroxylation is 1. The molecule has 0 radical (unpaired) electrons. The summed E-state index contributed by atoms with van der Waals surface area (Å²) in [6, 6.07) is 4.05. The number of carboxylic acids is 1. The van der Waals surface area contributed by atoms with Crippen LogP contribution in [0.1, 0.15) is 49.5 Å². The Morgan fingerprint density at radius 1 is 1.25 bits per heavy atom. The van der Waals surface area contributed by atoms with Crippen molar-refractivity contribution in [3.63, 3.8) is 0 Å². The van der Waals surface area contributed by atoms with E-state index in [1.54, 1.807) is 6.92 Å². The molecule has 1 aliphatic heterocycles. The Bertz CT molecular complexity index is 715. The van der Waals surface area contributed by atoms with E-state index < -0.39 is 16.0 Å². The lowest BCUT2D eigenvalue weighted by Gasteiger charge is -2.40. The summed E-state index contributed by atoms with van der Waals surface area (Å²) < 4.78 is 28.1. The van der Waals surface area contributed by atoms with Gasteiger partial charge in [-0.3, -0.25) is 4.90 Å². The van der Waals surface area contributed by atoms with Crippen LogP contribution in [0.4, 0.5) is 0 Å². The number of carbonyl (C=O) groups is 1. The van der Waals surface area contributed by atoms with E-state index in [1.165, 1.54) is 18.2 Å². The summed E-state index contributed by atoms with van der Waals surface area (Å²) in [5.41, 5.74) is 0.596. The van der Waals surface area contributed by atoms with Crippen LogP contribution in [0.25, 0.3) is 0 Å². The summed E-state index contributed by atoms with van der Waals surface area (Å²) in [6.07, 6.45) is 1.49. The number of benzene rings is 1. The molecule has 1 aromatic carbocycles. The summed E-state index contributed by atoms with van der Waals surface area (Å²) in [7, 11) is -3.73. The molecule has 1 aliphatic rings. The van der Waals surface area contributed by atoms with Crippen molar-refractivity contribution in [1.29, 1.82) is 0 Å². The average Bonchev–Trinajstić information content (AvgIpc) is 2.46. The molecule has 0 saturated carbocycles. The van der Waals surface area contributed by atoms with Gasteiger partial charge in [0.1, 0.15) is 0 Å². The van der Waals surface area contributed by atoms with E-state index in [1.807, 2.05) is 0 Å². The van der Waals surface area contributed by atoms with Gasteiger partial charge in [0.15, 0.2) is 0 Å². The van der Waals surface area contributed by atoms with E-state index in [0.717, 1.165) is 25.9 Å². The third kappa shape index (κ3) is 4.34. The van der Waals surface area contributed by atoms with E-state index in [-0.39, 0.29) is 22.0 Å². The van der Waals surface area contributed by atoms with Crippen LogP contribution in [0.3, 0.4) is 0 Å². The van der Waals surface area contributed by atoms with Gasteiger partial charge < -0.3 is 5.11 Å². The molecule has 0 bridgehead atoms. The van der Waals surface area contributed by atoms with Crippen molar-refractivity contribution in [2.75, 3.05) is 13.1 Å². The number of piperidine rings is 1. The van der Waals surface area contributed by atoms with Crippen LogP contribution in [-0.4, -0.2) is 49.1 Å². The molecule has 7 heteroatoms. The van der Waals surface area contributed by atoms with E-state index in [2.05, 4.69) is 30.4 Å². The molecule has 0 aliphatic carbocycles. The Balaban J connectivity index is 2.13. The molecule has 0 unspecified atom stereocenters. The van der Waals surface area contributed by atoms with Gasteiger partial charge in [-0.1, -0.05) is 6.07 Å². The van der Waals surface area contributed by atoms with Crippen molar-refractivity contribution < 1.29 is 18.3 Å². The first-order chi connectivity index (χ1) is 11.0. The number of carboxylic acid groups (broad SMARTS) is 1. The number of hydrogen-bond acceptors (Lipinski definition) is 4. The molecule has 24 heavy (non-hydrogen) atoms. The van der Waals surface area contributed by atoms with Gasteiger partial charge in [-0.25, -0.2) is 17.9 Å². The molecule has 0 aromatic heterocycles. The van der Waals surface area contributed by atoms with Crippen LogP contribution >= 0.6 is 0 Å². The second kappa shape index (κ2) is 6.82. The zero-order valence-electron chi connectivity index (χ0n) is 14.7. The topological polar surface area (TPSA) is 86.7 Å². The fourth-order valence-corrected chi connectivity index (χ4v) is 4.55. The number of aromatic carboxylic acids is 1. The van der Waals surface area contributed by atoms with Crippen LogP contribution in [0.2, 0.25) is 0 Å². The maximum absolute atomic E-state index is 12.7. The highest BCUT2D eigenvalue weighted by Crippen LogP contribution is 2.23. The lowest BCUT2D eigenvalue weighted by atomic mass is 9.99. The Morgan fingerprint density at radius 2 is 1.83 bits per heavy atom. The molecule has 1 aromatic rings. The first-order valence-electron chi connectivity index (χ1n) is 8.12. The molecule has 0 atom stereocenters. The molecule has 2 rings (SSSR count). The number of rotatable bonds is 4. The fourth-order valence-electron chi connectivity index (χ4n) is 2.97. The predicted octanol–water partition coefficient (Wildman–Crippen LogP) is 2.23. The van der Waals surface area contributed by atoms with E-state index >= 15 is 0 Å². The molecule has 1 fully saturated rings. The molecule has 1 saturated heterocycles. The fraction of sp³-hybridized carbons (Fsp3) is 0.588. The van der Waals surface area contributed by atoms with Gasteiger partial charge in [0.05, 0.1) is 10.5 Å². The molecule has 2 N–H and O–H groups in total. The van der Waals surface area contributed by atoms with Crippen molar-refractivity contribution in [2.45, 2.75) is 57.0 Å². The Kier molecular flexibility index (Phi) is 5.37. The van der Waals surface area contributed by atoms with Gasteiger partial charge >= 0.3 is 5.97 Å². The van der Waals surface area contributed by atoms with Gasteiger partial charge in [-0.05, 0) is 58.2 Å². The van der Waals surface area contributed by atoms with Gasteiger partial charge in [-0.2, -0.15) is 0 Å². The average molecular weight is 354 g/mol. The molecule has 134 valence electrons. The summed E-state index contributed by atoms with van der Waals surface area (Å²) in [4.78, 5) is 13.5. The highest BCUT2D eigenvalue weighted by molar-refractivity contribution is 7.89. The van der Waals surface area contributed by atoms with Crippen molar-refractivity contribution in [2.24, 2.45) is 0 Å². The Hall–Kier alpha value is -1.44. The van der Waals surface area contributed by atoms with Crippen LogP contribution in [0, 0.1) is 6.92 Å². The van der Waals surface area contributed by atoms with Crippen molar-refractivity contribution in [3.8, 4) is 0 Å². The van der Waals surface area contributed by atoms with Crippen molar-refractivity contribution >= 4 is 16.0 Å². The molecule has 6 nitrogen and oxygen atoms in total. The van der Waals surface area contributed by atoms with Crippen LogP contribution < -0.4 is 4.72 Å². The SMILES string of the molecule is Cc1ccc(C(=O)O)cc1S(=O)(=O)NC1CCN(C(C)(C)C)CC1. The van der Waals surface area contributed by atoms with Gasteiger partial charge in [0.25, 0.3) is 0 Å². The number of nitrogens with one attached hydrogen (secondary N) is 1. The number of sulfonamides is 1. The summed E-state index contributed by atoms with van der Waals surface area (Å²) in [6.45, 7) is 9.80. The second-order valence-electron chi connectivity index (χ2n) is 7.34. The Labute approximate surface area is 143 Å².